The Morgan fingerprint density at radius 3 is 2.50 bits per heavy atom. The van der Waals surface area contributed by atoms with Crippen LogP contribution in [0.1, 0.15) is 44.7 Å². The lowest BCUT2D eigenvalue weighted by Gasteiger charge is -2.15. The largest absolute Gasteiger partial charge is 0.494 e. The average molecular weight is 221 g/mol. The molecule has 1 aromatic rings. The fourth-order valence-electron chi connectivity index (χ4n) is 1.54. The summed E-state index contributed by atoms with van der Waals surface area (Å²) in [6.45, 7) is 8.98. The van der Waals surface area contributed by atoms with Crippen molar-refractivity contribution >= 4 is 0 Å². The van der Waals surface area contributed by atoms with Crippen LogP contribution in [0.15, 0.2) is 18.2 Å². The van der Waals surface area contributed by atoms with Gasteiger partial charge in [0.05, 0.1) is 13.2 Å². The average Bonchev–Trinajstić information content (AvgIpc) is 2.28. The van der Waals surface area contributed by atoms with Gasteiger partial charge in [-0.05, 0) is 36.1 Å². The van der Waals surface area contributed by atoms with E-state index in [0.717, 1.165) is 17.2 Å². The molecular weight excluding hydrogens is 200 g/mol. The minimum atomic E-state index is 0.0904. The van der Waals surface area contributed by atoms with Gasteiger partial charge < -0.3 is 9.84 Å². The molecule has 1 rings (SSSR count). The molecule has 0 amide bonds. The summed E-state index contributed by atoms with van der Waals surface area (Å²) in [5, 5.41) is 9.16. The van der Waals surface area contributed by atoms with E-state index in [4.69, 9.17) is 9.84 Å². The quantitative estimate of drug-likeness (QED) is 0.827. The van der Waals surface area contributed by atoms with Gasteiger partial charge in [-0.3, -0.25) is 0 Å². The molecule has 1 radical (unpaired) electrons. The molecule has 0 aliphatic rings. The van der Waals surface area contributed by atoms with E-state index in [1.807, 2.05) is 19.9 Å². The molecular formula is C14H21O2. The van der Waals surface area contributed by atoms with Crippen LogP contribution in [0.5, 0.6) is 5.75 Å². The second-order valence-corrected chi connectivity index (χ2v) is 4.32. The molecule has 16 heavy (non-hydrogen) atoms. The van der Waals surface area contributed by atoms with Gasteiger partial charge >= 0.3 is 0 Å². The first kappa shape index (κ1) is 13.0. The van der Waals surface area contributed by atoms with Gasteiger partial charge in [0.1, 0.15) is 5.75 Å². The third-order valence-corrected chi connectivity index (χ3v) is 2.64. The summed E-state index contributed by atoms with van der Waals surface area (Å²) in [6.07, 6.45) is 0. The third kappa shape index (κ3) is 3.24. The van der Waals surface area contributed by atoms with E-state index in [1.165, 1.54) is 5.56 Å². The standard InChI is InChI=1S/C14H21O2/c1-5-16-14-7-12(10(2)3)6-13(8-14)11(4)9-15/h6-8,10,15H,5,9H2,1-4H3. The molecule has 0 aromatic heterocycles. The van der Waals surface area contributed by atoms with Gasteiger partial charge in [-0.2, -0.15) is 0 Å². The highest BCUT2D eigenvalue weighted by Crippen LogP contribution is 2.26. The fraction of sp³-hybridized carbons (Fsp3) is 0.500. The predicted octanol–water partition coefficient (Wildman–Crippen LogP) is 3.14. The minimum Gasteiger partial charge on any atom is -0.494 e. The van der Waals surface area contributed by atoms with E-state index in [9.17, 15) is 0 Å². The first-order chi connectivity index (χ1) is 7.58. The summed E-state index contributed by atoms with van der Waals surface area (Å²) in [4.78, 5) is 0. The SMILES string of the molecule is CCOc1cc([C](C)CO)cc(C(C)C)c1. The normalized spacial score (nSPS) is 11.2. The van der Waals surface area contributed by atoms with Crippen molar-refractivity contribution in [3.8, 4) is 5.75 Å². The molecule has 1 N–H and O–H groups in total. The zero-order chi connectivity index (χ0) is 12.1. The molecule has 0 unspecified atom stereocenters. The van der Waals surface area contributed by atoms with Crippen LogP contribution in [0.25, 0.3) is 0 Å². The maximum absolute atomic E-state index is 9.16. The van der Waals surface area contributed by atoms with E-state index < -0.39 is 0 Å². The lowest BCUT2D eigenvalue weighted by molar-refractivity contribution is 0.314. The lowest BCUT2D eigenvalue weighted by atomic mass is 9.95. The Balaban J connectivity index is 3.08. The smallest absolute Gasteiger partial charge is 0.119 e. The van der Waals surface area contributed by atoms with E-state index in [0.29, 0.717) is 12.5 Å². The summed E-state index contributed by atoms with van der Waals surface area (Å²) in [5.74, 6) is 2.32. The van der Waals surface area contributed by atoms with Crippen LogP contribution in [-0.2, 0) is 0 Å². The van der Waals surface area contributed by atoms with E-state index in [-0.39, 0.29) is 6.61 Å². The fourth-order valence-corrected chi connectivity index (χ4v) is 1.54. The van der Waals surface area contributed by atoms with Crippen LogP contribution in [0, 0.1) is 5.92 Å². The van der Waals surface area contributed by atoms with Crippen molar-refractivity contribution in [2.75, 3.05) is 13.2 Å². The molecule has 2 heteroatoms. The first-order valence-corrected chi connectivity index (χ1v) is 5.80. The number of rotatable bonds is 5. The Morgan fingerprint density at radius 1 is 1.31 bits per heavy atom. The minimum absolute atomic E-state index is 0.0904. The van der Waals surface area contributed by atoms with Crippen molar-refractivity contribution in [3.63, 3.8) is 0 Å². The second-order valence-electron chi connectivity index (χ2n) is 4.32. The van der Waals surface area contributed by atoms with E-state index >= 15 is 0 Å². The van der Waals surface area contributed by atoms with Gasteiger partial charge in [-0.25, -0.2) is 0 Å². The molecule has 0 spiro atoms. The number of ether oxygens (including phenoxy) is 1. The van der Waals surface area contributed by atoms with Crippen molar-refractivity contribution in [1.82, 2.24) is 0 Å². The van der Waals surface area contributed by atoms with Crippen LogP contribution in [0.3, 0.4) is 0 Å². The number of aliphatic hydroxyl groups is 1. The van der Waals surface area contributed by atoms with E-state index in [1.54, 1.807) is 0 Å². The van der Waals surface area contributed by atoms with Gasteiger partial charge in [0.2, 0.25) is 0 Å². The Hall–Kier alpha value is -1.02. The lowest BCUT2D eigenvalue weighted by Crippen LogP contribution is -2.03. The summed E-state index contributed by atoms with van der Waals surface area (Å²) in [6, 6.07) is 6.18. The van der Waals surface area contributed by atoms with Crippen LogP contribution in [0.4, 0.5) is 0 Å². The molecule has 1 aromatic carbocycles. The second kappa shape index (κ2) is 5.90. The molecule has 0 aliphatic heterocycles. The Labute approximate surface area is 98.3 Å². The maximum Gasteiger partial charge on any atom is 0.119 e. The molecule has 89 valence electrons. The third-order valence-electron chi connectivity index (χ3n) is 2.64. The highest BCUT2D eigenvalue weighted by atomic mass is 16.5. The van der Waals surface area contributed by atoms with Crippen LogP contribution in [-0.4, -0.2) is 18.3 Å². The number of hydrogen-bond donors (Lipinski definition) is 1. The molecule has 0 atom stereocenters. The zero-order valence-electron chi connectivity index (χ0n) is 10.6. The van der Waals surface area contributed by atoms with Gasteiger partial charge in [-0.1, -0.05) is 26.8 Å². The van der Waals surface area contributed by atoms with Crippen LogP contribution >= 0.6 is 0 Å². The monoisotopic (exact) mass is 221 g/mol. The van der Waals surface area contributed by atoms with Crippen molar-refractivity contribution < 1.29 is 9.84 Å². The molecule has 0 saturated heterocycles. The summed E-state index contributed by atoms with van der Waals surface area (Å²) >= 11 is 0. The van der Waals surface area contributed by atoms with Gasteiger partial charge in [-0.15, -0.1) is 0 Å². The molecule has 0 heterocycles. The molecule has 0 bridgehead atoms. The van der Waals surface area contributed by atoms with Crippen molar-refractivity contribution in [1.29, 1.82) is 0 Å². The molecule has 0 aliphatic carbocycles. The van der Waals surface area contributed by atoms with Gasteiger partial charge in [0.15, 0.2) is 0 Å². The summed E-state index contributed by atoms with van der Waals surface area (Å²) in [7, 11) is 0. The molecule has 0 saturated carbocycles. The van der Waals surface area contributed by atoms with Crippen LogP contribution < -0.4 is 4.74 Å². The zero-order valence-corrected chi connectivity index (χ0v) is 10.6. The molecule has 0 fully saturated rings. The van der Waals surface area contributed by atoms with E-state index in [2.05, 4.69) is 26.0 Å². The summed E-state index contributed by atoms with van der Waals surface area (Å²) < 4.78 is 5.54. The number of benzene rings is 1. The number of aliphatic hydroxyl groups excluding tert-OH is 1. The Bertz CT molecular complexity index is 332. The maximum atomic E-state index is 9.16. The Morgan fingerprint density at radius 2 is 2.00 bits per heavy atom. The van der Waals surface area contributed by atoms with Crippen molar-refractivity contribution in [3.05, 3.63) is 35.2 Å². The van der Waals surface area contributed by atoms with Crippen molar-refractivity contribution in [2.24, 2.45) is 0 Å². The van der Waals surface area contributed by atoms with Crippen LogP contribution in [0.2, 0.25) is 0 Å². The topological polar surface area (TPSA) is 29.5 Å². The first-order valence-electron chi connectivity index (χ1n) is 5.80. The number of hydrogen-bond acceptors (Lipinski definition) is 2. The highest BCUT2D eigenvalue weighted by Gasteiger charge is 2.10. The van der Waals surface area contributed by atoms with Gasteiger partial charge in [0, 0.05) is 5.92 Å². The van der Waals surface area contributed by atoms with Crippen molar-refractivity contribution in [2.45, 2.75) is 33.6 Å². The predicted molar refractivity (Wildman–Crippen MR) is 66.8 cm³/mol. The highest BCUT2D eigenvalue weighted by molar-refractivity contribution is 5.42. The van der Waals surface area contributed by atoms with Gasteiger partial charge in [0.25, 0.3) is 0 Å². The summed E-state index contributed by atoms with van der Waals surface area (Å²) in [5.41, 5.74) is 2.31. The molecule has 2 nitrogen and oxygen atoms in total. The Kier molecular flexibility index (Phi) is 4.81.